The second-order valence-electron chi connectivity index (χ2n) is 9.07. The van der Waals surface area contributed by atoms with Crippen molar-refractivity contribution in [2.45, 2.75) is 37.5 Å². The molecule has 182 valence electrons. The van der Waals surface area contributed by atoms with Gasteiger partial charge in [-0.3, -0.25) is 14.5 Å². The zero-order valence-electron chi connectivity index (χ0n) is 18.6. The summed E-state index contributed by atoms with van der Waals surface area (Å²) in [7, 11) is 0. The number of aromatic amines is 1. The van der Waals surface area contributed by atoms with E-state index in [-0.39, 0.29) is 17.0 Å². The molecule has 1 saturated carbocycles. The van der Waals surface area contributed by atoms with Crippen LogP contribution < -0.4 is 10.6 Å². The highest BCUT2D eigenvalue weighted by atomic mass is 19.4. The van der Waals surface area contributed by atoms with Crippen molar-refractivity contribution < 1.29 is 27.6 Å². The number of carbonyl (C=O) groups excluding carboxylic acids is 3. The van der Waals surface area contributed by atoms with Gasteiger partial charge < -0.3 is 15.6 Å². The number of carbonyl (C=O) groups is 3. The number of imidazole rings is 1. The average molecular weight is 485 g/mol. The molecule has 2 aliphatic rings. The van der Waals surface area contributed by atoms with E-state index in [9.17, 15) is 27.6 Å². The molecule has 0 bridgehead atoms. The molecular formula is C24H22F3N5O3. The molecule has 0 radical (unpaired) electrons. The molecule has 0 spiro atoms. The van der Waals surface area contributed by atoms with Crippen LogP contribution in [0.15, 0.2) is 48.5 Å². The third-order valence-electron chi connectivity index (χ3n) is 6.54. The van der Waals surface area contributed by atoms with Crippen LogP contribution in [0.4, 0.5) is 18.0 Å². The van der Waals surface area contributed by atoms with Crippen LogP contribution in [0.5, 0.6) is 0 Å². The van der Waals surface area contributed by atoms with Crippen LogP contribution in [-0.2, 0) is 15.8 Å². The van der Waals surface area contributed by atoms with Gasteiger partial charge in [0.05, 0.1) is 17.1 Å². The lowest BCUT2D eigenvalue weighted by molar-refractivity contribution is -0.144. The van der Waals surface area contributed by atoms with Crippen molar-refractivity contribution in [2.24, 2.45) is 5.92 Å². The Morgan fingerprint density at radius 2 is 1.89 bits per heavy atom. The molecule has 35 heavy (non-hydrogen) atoms. The van der Waals surface area contributed by atoms with Crippen molar-refractivity contribution in [3.63, 3.8) is 0 Å². The standard InChI is InChI=1S/C24H22F3N5O3/c1-23(15-8-9-15)21(34)32(22(35)31-23)12-18(33)30-19(13-5-3-2-4-6-13)14-7-10-16-17(11-14)29-20(28-16)24(25,26)27/h2-7,10-11,15,19H,8-9,12H2,1H3,(H,28,29)(H,30,33)(H,31,35). The molecule has 3 aromatic rings. The number of hydrogen-bond acceptors (Lipinski definition) is 4. The predicted molar refractivity (Wildman–Crippen MR) is 119 cm³/mol. The van der Waals surface area contributed by atoms with E-state index in [0.29, 0.717) is 11.1 Å². The molecule has 3 N–H and O–H groups in total. The lowest BCUT2D eigenvalue weighted by Crippen LogP contribution is -2.47. The Balaban J connectivity index is 1.41. The number of urea groups is 1. The quantitative estimate of drug-likeness (QED) is 0.465. The van der Waals surface area contributed by atoms with Gasteiger partial charge in [0.2, 0.25) is 11.7 Å². The fourth-order valence-corrected chi connectivity index (χ4v) is 4.49. The van der Waals surface area contributed by atoms with Gasteiger partial charge in [-0.1, -0.05) is 36.4 Å². The number of aromatic nitrogens is 2. The Labute approximate surface area is 197 Å². The molecule has 2 atom stereocenters. The van der Waals surface area contributed by atoms with Crippen LogP contribution >= 0.6 is 0 Å². The van der Waals surface area contributed by atoms with Gasteiger partial charge in [-0.15, -0.1) is 0 Å². The minimum Gasteiger partial charge on any atom is -0.344 e. The summed E-state index contributed by atoms with van der Waals surface area (Å²) < 4.78 is 39.2. The van der Waals surface area contributed by atoms with Crippen LogP contribution in [0.3, 0.4) is 0 Å². The summed E-state index contributed by atoms with van der Waals surface area (Å²) in [5.74, 6) is -2.06. The number of nitrogens with one attached hydrogen (secondary N) is 3. The molecule has 8 nitrogen and oxygen atoms in total. The van der Waals surface area contributed by atoms with Crippen molar-refractivity contribution in [1.82, 2.24) is 25.5 Å². The number of halogens is 3. The van der Waals surface area contributed by atoms with Gasteiger partial charge in [-0.05, 0) is 48.9 Å². The summed E-state index contributed by atoms with van der Waals surface area (Å²) in [4.78, 5) is 45.1. The molecule has 1 aliphatic heterocycles. The fourth-order valence-electron chi connectivity index (χ4n) is 4.49. The van der Waals surface area contributed by atoms with Gasteiger partial charge in [-0.2, -0.15) is 13.2 Å². The number of hydrogen-bond donors (Lipinski definition) is 3. The SMILES string of the molecule is CC1(C2CC2)NC(=O)N(CC(=O)NC(c2ccccc2)c2ccc3nc(C(F)(F)F)[nH]c3c2)C1=O. The van der Waals surface area contributed by atoms with Gasteiger partial charge in [0.15, 0.2) is 0 Å². The van der Waals surface area contributed by atoms with Crippen molar-refractivity contribution in [3.8, 4) is 0 Å². The maximum atomic E-state index is 13.1. The van der Waals surface area contributed by atoms with Crippen molar-refractivity contribution in [1.29, 1.82) is 0 Å². The lowest BCUT2D eigenvalue weighted by atomic mass is 9.96. The topological polar surface area (TPSA) is 107 Å². The smallest absolute Gasteiger partial charge is 0.344 e. The van der Waals surface area contributed by atoms with E-state index < -0.39 is 48.0 Å². The highest BCUT2D eigenvalue weighted by molar-refractivity contribution is 6.09. The van der Waals surface area contributed by atoms with E-state index in [0.717, 1.165) is 17.7 Å². The van der Waals surface area contributed by atoms with E-state index in [1.54, 1.807) is 43.3 Å². The molecule has 2 aromatic carbocycles. The lowest BCUT2D eigenvalue weighted by Gasteiger charge is -2.23. The van der Waals surface area contributed by atoms with Crippen LogP contribution in [-0.4, -0.2) is 44.8 Å². The summed E-state index contributed by atoms with van der Waals surface area (Å²) in [5, 5.41) is 5.53. The second-order valence-corrected chi connectivity index (χ2v) is 9.07. The molecule has 1 aliphatic carbocycles. The van der Waals surface area contributed by atoms with Crippen LogP contribution in [0.1, 0.15) is 42.8 Å². The first-order chi connectivity index (χ1) is 16.6. The second kappa shape index (κ2) is 8.10. The van der Waals surface area contributed by atoms with Gasteiger partial charge in [0.25, 0.3) is 5.91 Å². The number of alkyl halides is 3. The maximum absolute atomic E-state index is 13.1. The normalized spacial score (nSPS) is 21.3. The number of H-pyrrole nitrogens is 1. The van der Waals surface area contributed by atoms with E-state index in [2.05, 4.69) is 20.6 Å². The number of nitrogens with zero attached hydrogens (tertiary/aromatic N) is 2. The highest BCUT2D eigenvalue weighted by Crippen LogP contribution is 2.42. The summed E-state index contributed by atoms with van der Waals surface area (Å²) >= 11 is 0. The first-order valence-electron chi connectivity index (χ1n) is 11.1. The Morgan fingerprint density at radius 1 is 1.17 bits per heavy atom. The van der Waals surface area contributed by atoms with Crippen LogP contribution in [0.25, 0.3) is 11.0 Å². The summed E-state index contributed by atoms with van der Waals surface area (Å²) in [6.45, 7) is 1.20. The van der Waals surface area contributed by atoms with Gasteiger partial charge in [0, 0.05) is 0 Å². The zero-order chi connectivity index (χ0) is 25.0. The fraction of sp³-hybridized carbons (Fsp3) is 0.333. The molecule has 1 saturated heterocycles. The van der Waals surface area contributed by atoms with E-state index >= 15 is 0 Å². The van der Waals surface area contributed by atoms with Crippen molar-refractivity contribution >= 4 is 28.9 Å². The van der Waals surface area contributed by atoms with Crippen molar-refractivity contribution in [3.05, 3.63) is 65.5 Å². The van der Waals surface area contributed by atoms with Gasteiger partial charge in [-0.25, -0.2) is 9.78 Å². The van der Waals surface area contributed by atoms with Crippen molar-refractivity contribution in [2.75, 3.05) is 6.54 Å². The molecule has 1 aromatic heterocycles. The molecule has 2 unspecified atom stereocenters. The van der Waals surface area contributed by atoms with Crippen LogP contribution in [0.2, 0.25) is 0 Å². The summed E-state index contributed by atoms with van der Waals surface area (Å²) in [5.41, 5.74) is 0.486. The number of rotatable bonds is 6. The minimum atomic E-state index is -4.62. The van der Waals surface area contributed by atoms with Gasteiger partial charge in [0.1, 0.15) is 12.1 Å². The number of benzene rings is 2. The predicted octanol–water partition coefficient (Wildman–Crippen LogP) is 3.51. The maximum Gasteiger partial charge on any atom is 0.449 e. The molecule has 2 heterocycles. The molecular weight excluding hydrogens is 463 g/mol. The van der Waals surface area contributed by atoms with E-state index in [1.165, 1.54) is 12.1 Å². The van der Waals surface area contributed by atoms with E-state index in [4.69, 9.17) is 0 Å². The monoisotopic (exact) mass is 485 g/mol. The summed E-state index contributed by atoms with van der Waals surface area (Å²) in [6.07, 6.45) is -2.94. The Hall–Kier alpha value is -3.89. The zero-order valence-corrected chi connectivity index (χ0v) is 18.6. The van der Waals surface area contributed by atoms with Crippen LogP contribution in [0, 0.1) is 5.92 Å². The minimum absolute atomic E-state index is 0.0619. The third-order valence-corrected chi connectivity index (χ3v) is 6.54. The Kier molecular flexibility index (Phi) is 5.30. The summed E-state index contributed by atoms with van der Waals surface area (Å²) in [6, 6.07) is 12.0. The first-order valence-corrected chi connectivity index (χ1v) is 11.1. The highest BCUT2D eigenvalue weighted by Gasteiger charge is 2.56. The molecule has 11 heteroatoms. The van der Waals surface area contributed by atoms with E-state index in [1.807, 2.05) is 0 Å². The first kappa shape index (κ1) is 22.9. The molecule has 5 rings (SSSR count). The average Bonchev–Trinajstić information content (AvgIpc) is 3.55. The largest absolute Gasteiger partial charge is 0.449 e. The number of amides is 4. The Morgan fingerprint density at radius 3 is 2.54 bits per heavy atom. The number of imide groups is 1. The third kappa shape index (κ3) is 4.22. The Bertz CT molecular complexity index is 1320. The van der Waals surface area contributed by atoms with Gasteiger partial charge >= 0.3 is 12.2 Å². The molecule has 4 amide bonds. The number of fused-ring (bicyclic) bond motifs is 1. The molecule has 2 fully saturated rings.